The van der Waals surface area contributed by atoms with Gasteiger partial charge in [-0.1, -0.05) is 42.0 Å². The maximum Gasteiger partial charge on any atom is 0.249 e. The van der Waals surface area contributed by atoms with E-state index in [0.29, 0.717) is 23.7 Å². The van der Waals surface area contributed by atoms with E-state index in [9.17, 15) is 9.59 Å². The van der Waals surface area contributed by atoms with E-state index in [1.807, 2.05) is 25.1 Å². The van der Waals surface area contributed by atoms with E-state index in [1.165, 1.54) is 6.08 Å². The number of carbonyl (C=O) groups excluding carboxylic acids is 2. The Bertz CT molecular complexity index is 596. The van der Waals surface area contributed by atoms with Crippen molar-refractivity contribution in [3.63, 3.8) is 0 Å². The smallest absolute Gasteiger partial charge is 0.249 e. The van der Waals surface area contributed by atoms with Gasteiger partial charge in [0.1, 0.15) is 6.04 Å². The number of amides is 2. The normalized spacial score (nSPS) is 18.9. The highest BCUT2D eigenvalue weighted by molar-refractivity contribution is 6.34. The number of hydrogen-bond donors (Lipinski definition) is 1. The molecule has 0 aliphatic carbocycles. The molecule has 0 bridgehead atoms. The van der Waals surface area contributed by atoms with E-state index in [1.54, 1.807) is 29.2 Å². The van der Waals surface area contributed by atoms with Gasteiger partial charge in [0.2, 0.25) is 11.8 Å². The lowest BCUT2D eigenvalue weighted by molar-refractivity contribution is -0.123. The molecule has 21 heavy (non-hydrogen) atoms. The van der Waals surface area contributed by atoms with E-state index in [2.05, 4.69) is 5.32 Å². The summed E-state index contributed by atoms with van der Waals surface area (Å²) in [5.74, 6) is -0.400. The largest absolute Gasteiger partial charge is 0.341 e. The average Bonchev–Trinajstić information content (AvgIpc) is 2.81. The van der Waals surface area contributed by atoms with Gasteiger partial charge in [-0.3, -0.25) is 9.59 Å². The third-order valence-corrected chi connectivity index (χ3v) is 3.54. The van der Waals surface area contributed by atoms with Crippen LogP contribution in [-0.4, -0.2) is 24.4 Å². The van der Waals surface area contributed by atoms with Gasteiger partial charge in [0, 0.05) is 12.6 Å². The Labute approximate surface area is 129 Å². The minimum absolute atomic E-state index is 0.129. The Morgan fingerprint density at radius 3 is 2.86 bits per heavy atom. The summed E-state index contributed by atoms with van der Waals surface area (Å²) in [6, 6.07) is 6.70. The van der Waals surface area contributed by atoms with Crippen molar-refractivity contribution in [1.82, 2.24) is 5.32 Å². The van der Waals surface area contributed by atoms with Gasteiger partial charge in [0.15, 0.2) is 0 Å². The van der Waals surface area contributed by atoms with Crippen LogP contribution < -0.4 is 10.2 Å². The molecule has 1 aliphatic heterocycles. The highest BCUT2D eigenvalue weighted by Crippen LogP contribution is 2.28. The van der Waals surface area contributed by atoms with E-state index in [4.69, 9.17) is 11.6 Å². The van der Waals surface area contributed by atoms with Gasteiger partial charge >= 0.3 is 0 Å². The Morgan fingerprint density at radius 2 is 2.14 bits per heavy atom. The third-order valence-electron chi connectivity index (χ3n) is 3.22. The van der Waals surface area contributed by atoms with Crippen LogP contribution in [0.4, 0.5) is 5.69 Å². The third kappa shape index (κ3) is 3.73. The molecule has 1 heterocycles. The second-order valence-corrected chi connectivity index (χ2v) is 5.08. The molecule has 4 nitrogen and oxygen atoms in total. The van der Waals surface area contributed by atoms with Crippen LogP contribution >= 0.6 is 11.6 Å². The molecule has 2 amide bonds. The van der Waals surface area contributed by atoms with Crippen LogP contribution in [-0.2, 0) is 9.59 Å². The van der Waals surface area contributed by atoms with Gasteiger partial charge in [-0.05, 0) is 25.5 Å². The predicted octanol–water partition coefficient (Wildman–Crippen LogP) is 2.69. The molecule has 2 rings (SSSR count). The van der Waals surface area contributed by atoms with E-state index < -0.39 is 6.04 Å². The SMILES string of the molecule is C/C=C/C=C/C(=O)NC1CCN(c2ccccc2Cl)C1=O. The molecular weight excluding hydrogens is 288 g/mol. The molecule has 1 fully saturated rings. The van der Waals surface area contributed by atoms with Crippen molar-refractivity contribution < 1.29 is 9.59 Å². The molecule has 1 unspecified atom stereocenters. The number of benzene rings is 1. The minimum Gasteiger partial charge on any atom is -0.341 e. The fraction of sp³-hybridized carbons (Fsp3) is 0.250. The van der Waals surface area contributed by atoms with Gasteiger partial charge in [0.05, 0.1) is 10.7 Å². The molecule has 110 valence electrons. The van der Waals surface area contributed by atoms with Gasteiger partial charge in [-0.25, -0.2) is 0 Å². The van der Waals surface area contributed by atoms with Gasteiger partial charge < -0.3 is 10.2 Å². The second-order valence-electron chi connectivity index (χ2n) is 4.68. The van der Waals surface area contributed by atoms with Crippen LogP contribution in [0.3, 0.4) is 0 Å². The van der Waals surface area contributed by atoms with Crippen LogP contribution in [0.1, 0.15) is 13.3 Å². The Morgan fingerprint density at radius 1 is 1.38 bits per heavy atom. The molecule has 1 aliphatic rings. The molecule has 1 saturated heterocycles. The summed E-state index contributed by atoms with van der Waals surface area (Å²) in [4.78, 5) is 25.7. The summed E-state index contributed by atoms with van der Waals surface area (Å²) in [7, 11) is 0. The van der Waals surface area contributed by atoms with Crippen molar-refractivity contribution in [3.05, 3.63) is 53.6 Å². The molecule has 5 heteroatoms. The van der Waals surface area contributed by atoms with Gasteiger partial charge in [-0.2, -0.15) is 0 Å². The number of anilines is 1. The summed E-state index contributed by atoms with van der Waals surface area (Å²) in [6.07, 6.45) is 7.20. The van der Waals surface area contributed by atoms with Crippen molar-refractivity contribution in [2.24, 2.45) is 0 Å². The lowest BCUT2D eigenvalue weighted by Gasteiger charge is -2.18. The lowest BCUT2D eigenvalue weighted by Crippen LogP contribution is -2.40. The topological polar surface area (TPSA) is 49.4 Å². The average molecular weight is 305 g/mol. The number of nitrogens with one attached hydrogen (secondary N) is 1. The number of allylic oxidation sites excluding steroid dienone is 3. The zero-order valence-corrected chi connectivity index (χ0v) is 12.5. The molecule has 0 aromatic heterocycles. The fourth-order valence-corrected chi connectivity index (χ4v) is 2.44. The summed E-state index contributed by atoms with van der Waals surface area (Å²) in [5.41, 5.74) is 0.686. The van der Waals surface area contributed by atoms with Crippen molar-refractivity contribution in [1.29, 1.82) is 0 Å². The maximum absolute atomic E-state index is 12.3. The van der Waals surface area contributed by atoms with E-state index in [0.717, 1.165) is 0 Å². The zero-order chi connectivity index (χ0) is 15.2. The number of para-hydroxylation sites is 1. The first kappa shape index (κ1) is 15.3. The second kappa shape index (κ2) is 7.09. The van der Waals surface area contributed by atoms with Crippen LogP contribution in [0.5, 0.6) is 0 Å². The molecular formula is C16H17ClN2O2. The van der Waals surface area contributed by atoms with Crippen molar-refractivity contribution in [2.75, 3.05) is 11.4 Å². The van der Waals surface area contributed by atoms with E-state index in [-0.39, 0.29) is 11.8 Å². The highest BCUT2D eigenvalue weighted by Gasteiger charge is 2.33. The van der Waals surface area contributed by atoms with Crippen molar-refractivity contribution >= 4 is 29.1 Å². The first-order chi connectivity index (χ1) is 10.1. The molecule has 1 atom stereocenters. The van der Waals surface area contributed by atoms with Gasteiger partial charge in [0.25, 0.3) is 0 Å². The first-order valence-electron chi connectivity index (χ1n) is 6.79. The Kier molecular flexibility index (Phi) is 5.17. The molecule has 1 aromatic carbocycles. The summed E-state index contributed by atoms with van der Waals surface area (Å²) in [6.45, 7) is 2.41. The Balaban J connectivity index is 2.02. The minimum atomic E-state index is -0.496. The molecule has 0 saturated carbocycles. The number of nitrogens with zero attached hydrogens (tertiary/aromatic N) is 1. The van der Waals surface area contributed by atoms with Gasteiger partial charge in [-0.15, -0.1) is 0 Å². The summed E-state index contributed by atoms with van der Waals surface area (Å²) >= 11 is 6.11. The maximum atomic E-state index is 12.3. The molecule has 0 radical (unpaired) electrons. The first-order valence-corrected chi connectivity index (χ1v) is 7.17. The standard InChI is InChI=1S/C16H17ClN2O2/c1-2-3-4-9-15(20)18-13-10-11-19(16(13)21)14-8-6-5-7-12(14)17/h2-9,13H,10-11H2,1H3,(H,18,20)/b3-2+,9-4+. The summed E-state index contributed by atoms with van der Waals surface area (Å²) in [5, 5.41) is 3.25. The molecule has 0 spiro atoms. The van der Waals surface area contributed by atoms with Crippen LogP contribution in [0.2, 0.25) is 5.02 Å². The lowest BCUT2D eigenvalue weighted by atomic mass is 10.2. The molecule has 1 aromatic rings. The van der Waals surface area contributed by atoms with E-state index >= 15 is 0 Å². The van der Waals surface area contributed by atoms with Crippen LogP contribution in [0.15, 0.2) is 48.6 Å². The number of hydrogen-bond acceptors (Lipinski definition) is 2. The number of rotatable bonds is 4. The monoisotopic (exact) mass is 304 g/mol. The number of halogens is 1. The van der Waals surface area contributed by atoms with Crippen molar-refractivity contribution in [3.8, 4) is 0 Å². The van der Waals surface area contributed by atoms with Crippen molar-refractivity contribution in [2.45, 2.75) is 19.4 Å². The highest BCUT2D eigenvalue weighted by atomic mass is 35.5. The number of carbonyl (C=O) groups is 2. The fourth-order valence-electron chi connectivity index (χ4n) is 2.20. The summed E-state index contributed by atoms with van der Waals surface area (Å²) < 4.78 is 0. The van der Waals surface area contributed by atoms with Crippen LogP contribution in [0.25, 0.3) is 0 Å². The predicted molar refractivity (Wildman–Crippen MR) is 84.3 cm³/mol. The quantitative estimate of drug-likeness (QED) is 0.687. The van der Waals surface area contributed by atoms with Crippen LogP contribution in [0, 0.1) is 0 Å². The zero-order valence-electron chi connectivity index (χ0n) is 11.8. The molecule has 1 N–H and O–H groups in total. The Hall–Kier alpha value is -2.07.